The molecule has 0 fully saturated rings. The van der Waals surface area contributed by atoms with Gasteiger partial charge >= 0.3 is 0 Å². The molecule has 0 aliphatic carbocycles. The fourth-order valence-electron chi connectivity index (χ4n) is 1.39. The van der Waals surface area contributed by atoms with Crippen molar-refractivity contribution in [3.63, 3.8) is 0 Å². The van der Waals surface area contributed by atoms with Gasteiger partial charge in [0.05, 0.1) is 0 Å². The van der Waals surface area contributed by atoms with E-state index in [-0.39, 0.29) is 11.7 Å². The first-order valence-corrected chi connectivity index (χ1v) is 6.32. The average Bonchev–Trinajstić information content (AvgIpc) is 2.20. The monoisotopic (exact) mass is 316 g/mol. The molecule has 1 nitrogen and oxygen atoms in total. The second-order valence-electron chi connectivity index (χ2n) is 4.33. The number of halogens is 1. The van der Waals surface area contributed by atoms with Gasteiger partial charge in [-0.05, 0) is 41.0 Å². The van der Waals surface area contributed by atoms with Crippen LogP contribution in [0.2, 0.25) is 0 Å². The second-order valence-corrected chi connectivity index (χ2v) is 5.41. The van der Waals surface area contributed by atoms with Gasteiger partial charge in [0, 0.05) is 15.1 Å². The summed E-state index contributed by atoms with van der Waals surface area (Å²) < 4.78 is 1.09. The SMILES string of the molecule is Cc1cccc(C(=O)C(C)C(C)C)c1I. The van der Waals surface area contributed by atoms with Gasteiger partial charge in [-0.15, -0.1) is 0 Å². The number of ketones is 1. The first-order chi connectivity index (χ1) is 6.95. The quantitative estimate of drug-likeness (QED) is 0.607. The third kappa shape index (κ3) is 2.80. The standard InChI is InChI=1S/C13H17IO/c1-8(2)10(4)13(15)11-7-5-6-9(3)12(11)14/h5-8,10H,1-4H3. The zero-order chi connectivity index (χ0) is 11.6. The maximum absolute atomic E-state index is 12.2. The van der Waals surface area contributed by atoms with Gasteiger partial charge in [0.1, 0.15) is 0 Å². The predicted octanol–water partition coefficient (Wildman–Crippen LogP) is 4.07. The van der Waals surface area contributed by atoms with E-state index in [1.165, 1.54) is 5.56 Å². The average molecular weight is 316 g/mol. The van der Waals surface area contributed by atoms with E-state index in [0.29, 0.717) is 5.92 Å². The Morgan fingerprint density at radius 1 is 1.27 bits per heavy atom. The van der Waals surface area contributed by atoms with Crippen LogP contribution in [-0.4, -0.2) is 5.78 Å². The largest absolute Gasteiger partial charge is 0.294 e. The maximum atomic E-state index is 12.2. The highest BCUT2D eigenvalue weighted by atomic mass is 127. The Hall–Kier alpha value is -0.380. The van der Waals surface area contributed by atoms with Crippen LogP contribution in [0.3, 0.4) is 0 Å². The first kappa shape index (κ1) is 12.7. The van der Waals surface area contributed by atoms with Crippen LogP contribution in [0.4, 0.5) is 0 Å². The Labute approximate surface area is 105 Å². The Morgan fingerprint density at radius 2 is 1.87 bits per heavy atom. The minimum absolute atomic E-state index is 0.0975. The molecule has 0 amide bonds. The van der Waals surface area contributed by atoms with Crippen molar-refractivity contribution in [3.05, 3.63) is 32.9 Å². The molecule has 0 aliphatic heterocycles. The zero-order valence-corrected chi connectivity index (χ0v) is 11.8. The molecule has 0 spiro atoms. The lowest BCUT2D eigenvalue weighted by atomic mass is 9.89. The summed E-state index contributed by atoms with van der Waals surface area (Å²) in [5, 5.41) is 0. The van der Waals surface area contributed by atoms with E-state index < -0.39 is 0 Å². The van der Waals surface area contributed by atoms with Gasteiger partial charge in [-0.2, -0.15) is 0 Å². The number of carbonyl (C=O) groups excluding carboxylic acids is 1. The summed E-state index contributed by atoms with van der Waals surface area (Å²) in [7, 11) is 0. The summed E-state index contributed by atoms with van der Waals surface area (Å²) in [5.41, 5.74) is 2.05. The molecule has 1 aromatic carbocycles. The van der Waals surface area contributed by atoms with Crippen LogP contribution < -0.4 is 0 Å². The van der Waals surface area contributed by atoms with Crippen molar-refractivity contribution in [2.24, 2.45) is 11.8 Å². The highest BCUT2D eigenvalue weighted by Gasteiger charge is 2.20. The number of Topliss-reactive ketones (excluding diaryl/α,β-unsaturated/α-hetero) is 1. The molecule has 2 heteroatoms. The molecule has 0 saturated carbocycles. The molecule has 1 atom stereocenters. The van der Waals surface area contributed by atoms with E-state index in [9.17, 15) is 4.79 Å². The molecule has 15 heavy (non-hydrogen) atoms. The number of carbonyl (C=O) groups is 1. The van der Waals surface area contributed by atoms with E-state index >= 15 is 0 Å². The molecule has 1 rings (SSSR count). The van der Waals surface area contributed by atoms with E-state index in [2.05, 4.69) is 36.4 Å². The van der Waals surface area contributed by atoms with Gasteiger partial charge in [0.25, 0.3) is 0 Å². The molecule has 1 unspecified atom stereocenters. The third-order valence-corrected chi connectivity index (χ3v) is 4.30. The number of rotatable bonds is 3. The van der Waals surface area contributed by atoms with Crippen LogP contribution in [0.25, 0.3) is 0 Å². The van der Waals surface area contributed by atoms with Crippen LogP contribution in [-0.2, 0) is 0 Å². The number of hydrogen-bond donors (Lipinski definition) is 0. The van der Waals surface area contributed by atoms with Crippen molar-refractivity contribution < 1.29 is 4.79 Å². The van der Waals surface area contributed by atoms with Crippen molar-refractivity contribution in [1.29, 1.82) is 0 Å². The molecule has 0 aromatic heterocycles. The molecule has 0 aliphatic rings. The molecule has 1 aromatic rings. The first-order valence-electron chi connectivity index (χ1n) is 5.24. The van der Waals surface area contributed by atoms with Crippen LogP contribution in [0, 0.1) is 22.3 Å². The van der Waals surface area contributed by atoms with E-state index in [0.717, 1.165) is 9.13 Å². The summed E-state index contributed by atoms with van der Waals surface area (Å²) in [6.07, 6.45) is 0. The Morgan fingerprint density at radius 3 is 2.40 bits per heavy atom. The number of benzene rings is 1. The summed E-state index contributed by atoms with van der Waals surface area (Å²) >= 11 is 2.26. The van der Waals surface area contributed by atoms with Gasteiger partial charge in [-0.3, -0.25) is 4.79 Å². The minimum atomic E-state index is 0.0975. The van der Waals surface area contributed by atoms with E-state index in [1.807, 2.05) is 32.0 Å². The van der Waals surface area contributed by atoms with Crippen LogP contribution in [0.15, 0.2) is 18.2 Å². The number of aryl methyl sites for hydroxylation is 1. The molecule has 0 heterocycles. The van der Waals surface area contributed by atoms with Gasteiger partial charge < -0.3 is 0 Å². The lowest BCUT2D eigenvalue weighted by molar-refractivity contribution is 0.0898. The summed E-state index contributed by atoms with van der Waals surface area (Å²) in [6, 6.07) is 5.92. The van der Waals surface area contributed by atoms with Crippen molar-refractivity contribution >= 4 is 28.4 Å². The van der Waals surface area contributed by atoms with Crippen molar-refractivity contribution in [3.8, 4) is 0 Å². The van der Waals surface area contributed by atoms with Crippen molar-refractivity contribution in [2.75, 3.05) is 0 Å². The minimum Gasteiger partial charge on any atom is -0.294 e. The Bertz CT molecular complexity index is 369. The van der Waals surface area contributed by atoms with Crippen LogP contribution in [0.1, 0.15) is 36.7 Å². The molecule has 0 N–H and O–H groups in total. The molecular weight excluding hydrogens is 299 g/mol. The maximum Gasteiger partial charge on any atom is 0.166 e. The Balaban J connectivity index is 3.07. The number of hydrogen-bond acceptors (Lipinski definition) is 1. The lowest BCUT2D eigenvalue weighted by Crippen LogP contribution is -2.18. The van der Waals surface area contributed by atoms with Gasteiger partial charge in [0.2, 0.25) is 0 Å². The predicted molar refractivity (Wildman–Crippen MR) is 72.2 cm³/mol. The topological polar surface area (TPSA) is 17.1 Å². The molecule has 0 radical (unpaired) electrons. The van der Waals surface area contributed by atoms with Crippen molar-refractivity contribution in [1.82, 2.24) is 0 Å². The highest BCUT2D eigenvalue weighted by Crippen LogP contribution is 2.22. The third-order valence-electron chi connectivity index (χ3n) is 2.87. The molecule has 0 saturated heterocycles. The summed E-state index contributed by atoms with van der Waals surface area (Å²) in [4.78, 5) is 12.2. The fourth-order valence-corrected chi connectivity index (χ4v) is 2.01. The molecule has 0 bridgehead atoms. The smallest absolute Gasteiger partial charge is 0.166 e. The normalized spacial score (nSPS) is 12.9. The van der Waals surface area contributed by atoms with E-state index in [4.69, 9.17) is 0 Å². The van der Waals surface area contributed by atoms with Crippen molar-refractivity contribution in [2.45, 2.75) is 27.7 Å². The molecule has 82 valence electrons. The second kappa shape index (κ2) is 5.10. The van der Waals surface area contributed by atoms with Gasteiger partial charge in [-0.25, -0.2) is 0 Å². The van der Waals surface area contributed by atoms with Crippen LogP contribution in [0.5, 0.6) is 0 Å². The summed E-state index contributed by atoms with van der Waals surface area (Å²) in [6.45, 7) is 8.22. The Kier molecular flexibility index (Phi) is 4.32. The fraction of sp³-hybridized carbons (Fsp3) is 0.462. The van der Waals surface area contributed by atoms with Gasteiger partial charge in [-0.1, -0.05) is 39.0 Å². The zero-order valence-electron chi connectivity index (χ0n) is 9.67. The summed E-state index contributed by atoms with van der Waals surface area (Å²) in [5.74, 6) is 0.757. The lowest BCUT2D eigenvalue weighted by Gasteiger charge is -2.15. The highest BCUT2D eigenvalue weighted by molar-refractivity contribution is 14.1. The van der Waals surface area contributed by atoms with Crippen LogP contribution >= 0.6 is 22.6 Å². The van der Waals surface area contributed by atoms with Gasteiger partial charge in [0.15, 0.2) is 5.78 Å². The molecular formula is C13H17IO. The van der Waals surface area contributed by atoms with E-state index in [1.54, 1.807) is 0 Å².